The summed E-state index contributed by atoms with van der Waals surface area (Å²) < 4.78 is 12.6. The van der Waals surface area contributed by atoms with E-state index in [2.05, 4.69) is 45.0 Å². The van der Waals surface area contributed by atoms with Gasteiger partial charge in [0.25, 0.3) is 0 Å². The van der Waals surface area contributed by atoms with Crippen molar-refractivity contribution in [3.05, 3.63) is 35.9 Å². The molecule has 0 aliphatic rings. The lowest BCUT2D eigenvalue weighted by Gasteiger charge is -2.39. The maximum Gasteiger partial charge on any atom is 0.187 e. The van der Waals surface area contributed by atoms with Gasteiger partial charge in [0.1, 0.15) is 0 Å². The molecule has 3 nitrogen and oxygen atoms in total. The van der Waals surface area contributed by atoms with Crippen molar-refractivity contribution in [2.75, 3.05) is 13.2 Å². The highest BCUT2D eigenvalue weighted by molar-refractivity contribution is 5.17. The second-order valence-electron chi connectivity index (χ2n) is 7.33. The van der Waals surface area contributed by atoms with E-state index < -0.39 is 5.79 Å². The van der Waals surface area contributed by atoms with Crippen molar-refractivity contribution in [2.45, 2.75) is 96.8 Å². The summed E-state index contributed by atoms with van der Waals surface area (Å²) in [5.41, 5.74) is 7.89. The predicted octanol–water partition coefficient (Wildman–Crippen LogP) is 5.86. The molecule has 0 aromatic heterocycles. The number of unbranched alkanes of at least 4 members (excludes halogenated alkanes) is 5. The van der Waals surface area contributed by atoms with Crippen LogP contribution in [0.1, 0.15) is 84.1 Å². The molecule has 0 fully saturated rings. The number of nitrogens with two attached hydrogens (primary N) is 1. The molecule has 0 saturated carbocycles. The van der Waals surface area contributed by atoms with Crippen molar-refractivity contribution < 1.29 is 9.47 Å². The van der Waals surface area contributed by atoms with Gasteiger partial charge in [0.2, 0.25) is 0 Å². The number of hydrogen-bond acceptors (Lipinski definition) is 3. The smallest absolute Gasteiger partial charge is 0.187 e. The van der Waals surface area contributed by atoms with Gasteiger partial charge < -0.3 is 15.2 Å². The Balaban J connectivity index is 2.74. The first-order valence-corrected chi connectivity index (χ1v) is 10.8. The Labute approximate surface area is 161 Å². The highest BCUT2D eigenvalue weighted by Crippen LogP contribution is 2.27. The number of ether oxygens (including phenoxy) is 2. The van der Waals surface area contributed by atoms with E-state index in [-0.39, 0.29) is 6.04 Å². The number of hydrogen-bond donors (Lipinski definition) is 1. The molecular formula is C23H41NO2. The Morgan fingerprint density at radius 2 is 1.38 bits per heavy atom. The Kier molecular flexibility index (Phi) is 12.6. The normalized spacial score (nSPS) is 13.1. The van der Waals surface area contributed by atoms with Crippen LogP contribution in [0.4, 0.5) is 0 Å². The minimum Gasteiger partial charge on any atom is -0.348 e. The molecule has 150 valence electrons. The lowest BCUT2D eigenvalue weighted by molar-refractivity contribution is -0.249. The molecule has 1 aromatic carbocycles. The predicted molar refractivity (Wildman–Crippen MR) is 111 cm³/mol. The minimum absolute atomic E-state index is 0.105. The standard InChI is InChI=1S/C23H41NO2/c1-4-7-8-9-10-14-17-22(24)23(25-18-5-2,26-19-6-3)20-21-15-12-11-13-16-21/h11-13,15-16,22H,4-10,14,17-20,24H2,1-3H3. The van der Waals surface area contributed by atoms with Gasteiger partial charge in [-0.1, -0.05) is 89.6 Å². The van der Waals surface area contributed by atoms with Gasteiger partial charge in [0.05, 0.1) is 6.04 Å². The summed E-state index contributed by atoms with van der Waals surface area (Å²) in [5.74, 6) is -0.712. The van der Waals surface area contributed by atoms with Crippen LogP contribution in [0.2, 0.25) is 0 Å². The van der Waals surface area contributed by atoms with Gasteiger partial charge in [0.15, 0.2) is 5.79 Å². The van der Waals surface area contributed by atoms with Crippen LogP contribution in [0, 0.1) is 0 Å². The molecule has 0 radical (unpaired) electrons. The van der Waals surface area contributed by atoms with Crippen molar-refractivity contribution in [3.63, 3.8) is 0 Å². The Bertz CT molecular complexity index is 427. The zero-order chi connectivity index (χ0) is 19.1. The summed E-state index contributed by atoms with van der Waals surface area (Å²) in [5, 5.41) is 0. The highest BCUT2D eigenvalue weighted by Gasteiger charge is 2.38. The molecule has 26 heavy (non-hydrogen) atoms. The van der Waals surface area contributed by atoms with E-state index >= 15 is 0 Å². The van der Waals surface area contributed by atoms with Gasteiger partial charge in [-0.05, 0) is 24.8 Å². The molecule has 0 amide bonds. The van der Waals surface area contributed by atoms with E-state index in [9.17, 15) is 0 Å². The monoisotopic (exact) mass is 363 g/mol. The summed E-state index contributed by atoms with van der Waals surface area (Å²) >= 11 is 0. The molecule has 2 N–H and O–H groups in total. The van der Waals surface area contributed by atoms with Crippen molar-refractivity contribution in [1.29, 1.82) is 0 Å². The van der Waals surface area contributed by atoms with Gasteiger partial charge in [-0.25, -0.2) is 0 Å². The van der Waals surface area contributed by atoms with Crippen LogP contribution >= 0.6 is 0 Å². The first-order chi connectivity index (χ1) is 12.7. The molecule has 1 unspecified atom stereocenters. The summed E-state index contributed by atoms with van der Waals surface area (Å²) in [6, 6.07) is 10.3. The third-order valence-corrected chi connectivity index (χ3v) is 4.83. The summed E-state index contributed by atoms with van der Waals surface area (Å²) in [4.78, 5) is 0. The third-order valence-electron chi connectivity index (χ3n) is 4.83. The van der Waals surface area contributed by atoms with E-state index in [1.54, 1.807) is 0 Å². The van der Waals surface area contributed by atoms with Crippen LogP contribution in [0.5, 0.6) is 0 Å². The molecule has 0 bridgehead atoms. The number of rotatable bonds is 16. The lowest BCUT2D eigenvalue weighted by Crippen LogP contribution is -2.54. The van der Waals surface area contributed by atoms with E-state index in [1.165, 1.54) is 37.7 Å². The third kappa shape index (κ3) is 8.66. The maximum absolute atomic E-state index is 6.67. The Morgan fingerprint density at radius 1 is 0.808 bits per heavy atom. The topological polar surface area (TPSA) is 44.5 Å². The van der Waals surface area contributed by atoms with Crippen LogP contribution in [0.3, 0.4) is 0 Å². The molecule has 0 heterocycles. The largest absolute Gasteiger partial charge is 0.348 e. The second kappa shape index (κ2) is 14.2. The molecule has 0 saturated heterocycles. The van der Waals surface area contributed by atoms with Gasteiger partial charge >= 0.3 is 0 Å². The lowest BCUT2D eigenvalue weighted by atomic mass is 9.93. The molecule has 0 aliphatic carbocycles. The van der Waals surface area contributed by atoms with Gasteiger partial charge in [0, 0.05) is 19.6 Å². The van der Waals surface area contributed by atoms with Crippen LogP contribution in [0.25, 0.3) is 0 Å². The first-order valence-electron chi connectivity index (χ1n) is 10.8. The van der Waals surface area contributed by atoms with E-state index in [0.717, 1.165) is 25.7 Å². The second-order valence-corrected chi connectivity index (χ2v) is 7.33. The molecule has 3 heteroatoms. The zero-order valence-electron chi connectivity index (χ0n) is 17.3. The van der Waals surface area contributed by atoms with E-state index in [1.807, 2.05) is 6.07 Å². The highest BCUT2D eigenvalue weighted by atomic mass is 16.7. The average molecular weight is 364 g/mol. The summed E-state index contributed by atoms with van der Waals surface area (Å²) in [6.45, 7) is 7.88. The Morgan fingerprint density at radius 3 is 1.96 bits per heavy atom. The molecule has 1 aromatic rings. The van der Waals surface area contributed by atoms with Gasteiger partial charge in [-0.2, -0.15) is 0 Å². The SMILES string of the molecule is CCCCCCCCC(N)C(Cc1ccccc1)(OCCC)OCCC. The molecule has 1 atom stereocenters. The van der Waals surface area contributed by atoms with Crippen molar-refractivity contribution in [1.82, 2.24) is 0 Å². The van der Waals surface area contributed by atoms with E-state index in [0.29, 0.717) is 19.6 Å². The van der Waals surface area contributed by atoms with Crippen molar-refractivity contribution >= 4 is 0 Å². The van der Waals surface area contributed by atoms with Gasteiger partial charge in [-0.15, -0.1) is 0 Å². The van der Waals surface area contributed by atoms with E-state index in [4.69, 9.17) is 15.2 Å². The summed E-state index contributed by atoms with van der Waals surface area (Å²) in [7, 11) is 0. The van der Waals surface area contributed by atoms with Crippen molar-refractivity contribution in [2.24, 2.45) is 5.73 Å². The fraction of sp³-hybridized carbons (Fsp3) is 0.739. The van der Waals surface area contributed by atoms with Crippen LogP contribution in [-0.4, -0.2) is 25.0 Å². The Hall–Kier alpha value is -0.900. The van der Waals surface area contributed by atoms with Crippen molar-refractivity contribution in [3.8, 4) is 0 Å². The summed E-state index contributed by atoms with van der Waals surface area (Å²) in [6.07, 6.45) is 11.3. The fourth-order valence-corrected chi connectivity index (χ4v) is 3.28. The molecule has 0 spiro atoms. The molecular weight excluding hydrogens is 322 g/mol. The molecule has 1 rings (SSSR count). The van der Waals surface area contributed by atoms with Gasteiger partial charge in [-0.3, -0.25) is 0 Å². The average Bonchev–Trinajstić information content (AvgIpc) is 2.67. The number of benzene rings is 1. The minimum atomic E-state index is -0.712. The quantitative estimate of drug-likeness (QED) is 0.296. The zero-order valence-corrected chi connectivity index (χ0v) is 17.3. The molecule has 0 aliphatic heterocycles. The van der Waals surface area contributed by atoms with Crippen LogP contribution in [0.15, 0.2) is 30.3 Å². The van der Waals surface area contributed by atoms with Crippen LogP contribution < -0.4 is 5.73 Å². The first kappa shape index (κ1) is 23.1. The maximum atomic E-state index is 6.67. The fourth-order valence-electron chi connectivity index (χ4n) is 3.28. The van der Waals surface area contributed by atoms with Crippen LogP contribution in [-0.2, 0) is 15.9 Å².